The van der Waals surface area contributed by atoms with Crippen LogP contribution in [-0.2, 0) is 11.3 Å². The Balaban J connectivity index is 1.41. The van der Waals surface area contributed by atoms with Crippen molar-refractivity contribution in [2.45, 2.75) is 51.1 Å². The third kappa shape index (κ3) is 5.18. The number of halogens is 1. The molecule has 3 amide bonds. The second kappa shape index (κ2) is 8.32. The van der Waals surface area contributed by atoms with E-state index in [9.17, 15) is 14.0 Å². The van der Waals surface area contributed by atoms with Gasteiger partial charge in [0.25, 0.3) is 0 Å². The summed E-state index contributed by atoms with van der Waals surface area (Å²) in [5.74, 6) is -0.0589. The number of hydrogen-bond acceptors (Lipinski definition) is 2. The molecule has 6 heteroatoms. The first-order valence-corrected chi connectivity index (χ1v) is 9.17. The number of likely N-dealkylation sites (tertiary alicyclic amines) is 1. The zero-order chi connectivity index (χ0) is 17.6. The molecule has 2 fully saturated rings. The van der Waals surface area contributed by atoms with Crippen molar-refractivity contribution in [3.05, 3.63) is 35.6 Å². The van der Waals surface area contributed by atoms with Gasteiger partial charge < -0.3 is 15.5 Å². The van der Waals surface area contributed by atoms with Gasteiger partial charge >= 0.3 is 6.03 Å². The Labute approximate surface area is 148 Å². The molecule has 1 aliphatic heterocycles. The van der Waals surface area contributed by atoms with E-state index in [1.807, 2.05) is 0 Å². The summed E-state index contributed by atoms with van der Waals surface area (Å²) < 4.78 is 13.0. The van der Waals surface area contributed by atoms with Gasteiger partial charge in [0, 0.05) is 38.0 Å². The molecule has 2 aliphatic rings. The average molecular weight is 347 g/mol. The number of rotatable bonds is 5. The average Bonchev–Trinajstić information content (AvgIpc) is 2.96. The Hall–Kier alpha value is -2.11. The number of nitrogens with one attached hydrogen (secondary N) is 2. The summed E-state index contributed by atoms with van der Waals surface area (Å²) in [6.45, 7) is 1.62. The quantitative estimate of drug-likeness (QED) is 0.860. The molecule has 1 saturated heterocycles. The zero-order valence-corrected chi connectivity index (χ0v) is 14.5. The SMILES string of the molecule is O=C(NCC1CC(=O)N(Cc2ccc(F)cc2)C1)NC1CCCCC1. The fourth-order valence-electron chi connectivity index (χ4n) is 3.67. The minimum atomic E-state index is -0.275. The van der Waals surface area contributed by atoms with Crippen molar-refractivity contribution in [1.29, 1.82) is 0 Å². The Bertz CT molecular complexity index is 599. The second-order valence-electron chi connectivity index (χ2n) is 7.16. The summed E-state index contributed by atoms with van der Waals surface area (Å²) >= 11 is 0. The fourth-order valence-corrected chi connectivity index (χ4v) is 3.67. The van der Waals surface area contributed by atoms with E-state index in [-0.39, 0.29) is 29.7 Å². The number of nitrogens with zero attached hydrogens (tertiary/aromatic N) is 1. The summed E-state index contributed by atoms with van der Waals surface area (Å²) in [6, 6.07) is 6.37. The smallest absolute Gasteiger partial charge is 0.315 e. The van der Waals surface area contributed by atoms with Crippen LogP contribution >= 0.6 is 0 Å². The molecule has 1 aliphatic carbocycles. The molecule has 25 heavy (non-hydrogen) atoms. The van der Waals surface area contributed by atoms with Gasteiger partial charge in [-0.05, 0) is 30.5 Å². The predicted octanol–water partition coefficient (Wildman–Crippen LogP) is 2.81. The maximum Gasteiger partial charge on any atom is 0.315 e. The Morgan fingerprint density at radius 3 is 2.60 bits per heavy atom. The summed E-state index contributed by atoms with van der Waals surface area (Å²) in [7, 11) is 0. The minimum Gasteiger partial charge on any atom is -0.338 e. The van der Waals surface area contributed by atoms with E-state index >= 15 is 0 Å². The first kappa shape index (κ1) is 17.7. The van der Waals surface area contributed by atoms with Crippen LogP contribution in [0.3, 0.4) is 0 Å². The first-order chi connectivity index (χ1) is 12.1. The monoisotopic (exact) mass is 347 g/mol. The van der Waals surface area contributed by atoms with Gasteiger partial charge in [0.05, 0.1) is 0 Å². The molecular formula is C19H26FN3O2. The molecule has 0 spiro atoms. The number of hydrogen-bond donors (Lipinski definition) is 2. The van der Waals surface area contributed by atoms with Gasteiger partial charge in [-0.15, -0.1) is 0 Å². The Morgan fingerprint density at radius 2 is 1.88 bits per heavy atom. The van der Waals surface area contributed by atoms with Gasteiger partial charge in [-0.2, -0.15) is 0 Å². The number of carbonyl (C=O) groups excluding carboxylic acids is 2. The van der Waals surface area contributed by atoms with Crippen molar-refractivity contribution in [2.75, 3.05) is 13.1 Å². The number of benzene rings is 1. The van der Waals surface area contributed by atoms with E-state index in [1.165, 1.54) is 31.4 Å². The van der Waals surface area contributed by atoms with Crippen LogP contribution < -0.4 is 10.6 Å². The van der Waals surface area contributed by atoms with E-state index in [4.69, 9.17) is 0 Å². The zero-order valence-electron chi connectivity index (χ0n) is 14.5. The largest absolute Gasteiger partial charge is 0.338 e. The van der Waals surface area contributed by atoms with Gasteiger partial charge in [0.15, 0.2) is 0 Å². The number of amides is 3. The number of urea groups is 1. The van der Waals surface area contributed by atoms with E-state index < -0.39 is 0 Å². The van der Waals surface area contributed by atoms with Gasteiger partial charge in [-0.25, -0.2) is 9.18 Å². The van der Waals surface area contributed by atoms with E-state index in [0.717, 1.165) is 18.4 Å². The lowest BCUT2D eigenvalue weighted by Gasteiger charge is -2.23. The normalized spacial score (nSPS) is 21.4. The fraction of sp³-hybridized carbons (Fsp3) is 0.579. The highest BCUT2D eigenvalue weighted by Gasteiger charge is 2.29. The molecule has 3 rings (SSSR count). The summed E-state index contributed by atoms with van der Waals surface area (Å²) in [5.41, 5.74) is 0.915. The molecule has 0 radical (unpaired) electrons. The van der Waals surface area contributed by atoms with Crippen molar-refractivity contribution < 1.29 is 14.0 Å². The molecule has 1 atom stereocenters. The van der Waals surface area contributed by atoms with Crippen LogP contribution in [0.2, 0.25) is 0 Å². The van der Waals surface area contributed by atoms with Crippen LogP contribution in [0.5, 0.6) is 0 Å². The van der Waals surface area contributed by atoms with Gasteiger partial charge in [-0.3, -0.25) is 4.79 Å². The Morgan fingerprint density at radius 1 is 1.16 bits per heavy atom. The predicted molar refractivity (Wildman–Crippen MR) is 93.3 cm³/mol. The highest BCUT2D eigenvalue weighted by molar-refractivity contribution is 5.79. The van der Waals surface area contributed by atoms with Crippen LogP contribution in [0.25, 0.3) is 0 Å². The molecule has 5 nitrogen and oxygen atoms in total. The molecular weight excluding hydrogens is 321 g/mol. The maximum absolute atomic E-state index is 13.0. The molecule has 1 aromatic carbocycles. The maximum atomic E-state index is 13.0. The second-order valence-corrected chi connectivity index (χ2v) is 7.16. The lowest BCUT2D eigenvalue weighted by atomic mass is 9.96. The molecule has 1 heterocycles. The van der Waals surface area contributed by atoms with Gasteiger partial charge in [0.2, 0.25) is 5.91 Å². The molecule has 1 unspecified atom stereocenters. The van der Waals surface area contributed by atoms with Gasteiger partial charge in [0.1, 0.15) is 5.82 Å². The van der Waals surface area contributed by atoms with Crippen LogP contribution in [0.4, 0.5) is 9.18 Å². The first-order valence-electron chi connectivity index (χ1n) is 9.17. The molecule has 0 aromatic heterocycles. The van der Waals surface area contributed by atoms with E-state index in [2.05, 4.69) is 10.6 Å². The molecule has 136 valence electrons. The third-order valence-electron chi connectivity index (χ3n) is 5.07. The van der Waals surface area contributed by atoms with Crippen LogP contribution in [-0.4, -0.2) is 36.0 Å². The lowest BCUT2D eigenvalue weighted by molar-refractivity contribution is -0.128. The lowest BCUT2D eigenvalue weighted by Crippen LogP contribution is -2.44. The Kier molecular flexibility index (Phi) is 5.89. The third-order valence-corrected chi connectivity index (χ3v) is 5.07. The van der Waals surface area contributed by atoms with E-state index in [0.29, 0.717) is 26.1 Å². The van der Waals surface area contributed by atoms with Crippen molar-refractivity contribution in [3.63, 3.8) is 0 Å². The molecule has 1 aromatic rings. The molecule has 0 bridgehead atoms. The summed E-state index contributed by atoms with van der Waals surface area (Å²) in [4.78, 5) is 25.9. The highest BCUT2D eigenvalue weighted by Crippen LogP contribution is 2.20. The van der Waals surface area contributed by atoms with Crippen molar-refractivity contribution in [1.82, 2.24) is 15.5 Å². The van der Waals surface area contributed by atoms with Gasteiger partial charge in [-0.1, -0.05) is 31.4 Å². The van der Waals surface area contributed by atoms with Crippen LogP contribution in [0, 0.1) is 11.7 Å². The highest BCUT2D eigenvalue weighted by atomic mass is 19.1. The summed E-state index contributed by atoms with van der Waals surface area (Å²) in [6.07, 6.45) is 6.18. The van der Waals surface area contributed by atoms with Crippen LogP contribution in [0.15, 0.2) is 24.3 Å². The van der Waals surface area contributed by atoms with Crippen LogP contribution in [0.1, 0.15) is 44.1 Å². The number of carbonyl (C=O) groups is 2. The van der Waals surface area contributed by atoms with Crippen molar-refractivity contribution >= 4 is 11.9 Å². The van der Waals surface area contributed by atoms with E-state index in [1.54, 1.807) is 17.0 Å². The topological polar surface area (TPSA) is 61.4 Å². The van der Waals surface area contributed by atoms with Crippen molar-refractivity contribution in [3.8, 4) is 0 Å². The molecule has 2 N–H and O–H groups in total. The molecule has 1 saturated carbocycles. The standard InChI is InChI=1S/C19H26FN3O2/c20-16-8-6-14(7-9-16)12-23-13-15(10-18(23)24)11-21-19(25)22-17-4-2-1-3-5-17/h6-9,15,17H,1-5,10-13H2,(H2,21,22,25). The minimum absolute atomic E-state index is 0.0869. The summed E-state index contributed by atoms with van der Waals surface area (Å²) in [5, 5.41) is 5.93. The van der Waals surface area contributed by atoms with Crippen molar-refractivity contribution in [2.24, 2.45) is 5.92 Å².